The van der Waals surface area contributed by atoms with Crippen LogP contribution >= 0.6 is 0 Å². The third-order valence-corrected chi connectivity index (χ3v) is 6.58. The third kappa shape index (κ3) is 4.67. The van der Waals surface area contributed by atoms with Crippen molar-refractivity contribution < 1.29 is 19.4 Å². The first-order valence-electron chi connectivity index (χ1n) is 10.6. The Kier molecular flexibility index (Phi) is 6.19. The highest BCUT2D eigenvalue weighted by Crippen LogP contribution is 2.43. The highest BCUT2D eigenvalue weighted by atomic mass is 16.6. The summed E-state index contributed by atoms with van der Waals surface area (Å²) in [6, 6.07) is 9.90. The minimum atomic E-state index is -0.281. The maximum absolute atomic E-state index is 12.6. The Morgan fingerprint density at radius 3 is 2.50 bits per heavy atom. The van der Waals surface area contributed by atoms with Gasteiger partial charge in [0.05, 0.1) is 11.5 Å². The van der Waals surface area contributed by atoms with E-state index in [0.29, 0.717) is 6.61 Å². The van der Waals surface area contributed by atoms with Gasteiger partial charge in [-0.1, -0.05) is 18.2 Å². The van der Waals surface area contributed by atoms with Gasteiger partial charge in [0.25, 0.3) is 0 Å². The van der Waals surface area contributed by atoms with E-state index in [4.69, 9.17) is 9.47 Å². The first kappa shape index (κ1) is 19.7. The number of likely N-dealkylation sites (tertiary alicyclic amines) is 2. The molecule has 28 heavy (non-hydrogen) atoms. The van der Waals surface area contributed by atoms with Crippen LogP contribution in [0.5, 0.6) is 5.75 Å². The lowest BCUT2D eigenvalue weighted by atomic mass is 9.76. The second-order valence-electron chi connectivity index (χ2n) is 8.55. The predicted molar refractivity (Wildman–Crippen MR) is 106 cm³/mol. The van der Waals surface area contributed by atoms with Crippen molar-refractivity contribution in [2.45, 2.75) is 44.3 Å². The SMILES string of the molecule is O=C1OC(CN2CCC(O)CC2)CC12CCN(CCOc1ccccc1)CC2. The Labute approximate surface area is 167 Å². The van der Waals surface area contributed by atoms with E-state index < -0.39 is 0 Å². The molecule has 6 nitrogen and oxygen atoms in total. The number of piperidine rings is 2. The minimum absolute atomic E-state index is 0.00901. The monoisotopic (exact) mass is 388 g/mol. The highest BCUT2D eigenvalue weighted by molar-refractivity contribution is 5.79. The Morgan fingerprint density at radius 2 is 1.79 bits per heavy atom. The molecular weight excluding hydrogens is 356 g/mol. The number of benzene rings is 1. The van der Waals surface area contributed by atoms with Crippen molar-refractivity contribution in [1.29, 1.82) is 0 Å². The summed E-state index contributed by atoms with van der Waals surface area (Å²) in [6.07, 6.45) is 4.11. The van der Waals surface area contributed by atoms with Crippen molar-refractivity contribution in [3.63, 3.8) is 0 Å². The number of carbonyl (C=O) groups excluding carboxylic acids is 1. The first-order valence-corrected chi connectivity index (χ1v) is 10.6. The molecule has 0 aliphatic carbocycles. The molecular formula is C22H32N2O4. The molecule has 4 rings (SSSR count). The summed E-state index contributed by atoms with van der Waals surface area (Å²) in [5.74, 6) is 0.915. The van der Waals surface area contributed by atoms with Crippen LogP contribution in [-0.4, -0.2) is 79.0 Å². The third-order valence-electron chi connectivity index (χ3n) is 6.58. The first-order chi connectivity index (χ1) is 13.6. The van der Waals surface area contributed by atoms with Crippen LogP contribution in [0, 0.1) is 5.41 Å². The normalized spacial score (nSPS) is 26.5. The van der Waals surface area contributed by atoms with E-state index in [1.807, 2.05) is 30.3 Å². The summed E-state index contributed by atoms with van der Waals surface area (Å²) in [7, 11) is 0. The molecule has 6 heteroatoms. The van der Waals surface area contributed by atoms with Gasteiger partial charge < -0.3 is 14.6 Å². The molecule has 0 saturated carbocycles. The number of hydrogen-bond acceptors (Lipinski definition) is 6. The Morgan fingerprint density at radius 1 is 1.07 bits per heavy atom. The Balaban J connectivity index is 1.20. The number of carbonyl (C=O) groups is 1. The maximum atomic E-state index is 12.6. The van der Waals surface area contributed by atoms with Crippen LogP contribution in [-0.2, 0) is 9.53 Å². The number of ether oxygens (including phenoxy) is 2. The zero-order valence-corrected chi connectivity index (χ0v) is 16.6. The van der Waals surface area contributed by atoms with Crippen molar-refractivity contribution in [1.82, 2.24) is 9.80 Å². The van der Waals surface area contributed by atoms with Crippen LogP contribution in [0.3, 0.4) is 0 Å². The van der Waals surface area contributed by atoms with Gasteiger partial charge in [-0.15, -0.1) is 0 Å². The Hall–Kier alpha value is -1.63. The maximum Gasteiger partial charge on any atom is 0.312 e. The minimum Gasteiger partial charge on any atom is -0.492 e. The molecule has 3 fully saturated rings. The van der Waals surface area contributed by atoms with E-state index >= 15 is 0 Å². The highest BCUT2D eigenvalue weighted by Gasteiger charge is 2.50. The molecule has 1 atom stereocenters. The molecule has 3 aliphatic rings. The van der Waals surface area contributed by atoms with E-state index in [1.54, 1.807) is 0 Å². The summed E-state index contributed by atoms with van der Waals surface area (Å²) in [5.41, 5.74) is -0.281. The van der Waals surface area contributed by atoms with Crippen LogP contribution in [0.1, 0.15) is 32.1 Å². The molecule has 154 valence electrons. The van der Waals surface area contributed by atoms with Crippen LogP contribution < -0.4 is 4.74 Å². The van der Waals surface area contributed by atoms with E-state index in [9.17, 15) is 9.90 Å². The van der Waals surface area contributed by atoms with Crippen molar-refractivity contribution in [3.8, 4) is 5.75 Å². The molecule has 1 aromatic rings. The van der Waals surface area contributed by atoms with Gasteiger partial charge in [0.1, 0.15) is 18.5 Å². The van der Waals surface area contributed by atoms with Crippen molar-refractivity contribution >= 4 is 5.97 Å². The topological polar surface area (TPSA) is 62.2 Å². The van der Waals surface area contributed by atoms with Gasteiger partial charge in [-0.2, -0.15) is 0 Å². The van der Waals surface area contributed by atoms with Gasteiger partial charge in [-0.3, -0.25) is 14.6 Å². The molecule has 3 heterocycles. The second kappa shape index (κ2) is 8.80. The summed E-state index contributed by atoms with van der Waals surface area (Å²) in [6.45, 7) is 6.03. The van der Waals surface area contributed by atoms with Gasteiger partial charge in [0.15, 0.2) is 0 Å². The molecule has 0 amide bonds. The Bertz CT molecular complexity index is 637. The second-order valence-corrected chi connectivity index (χ2v) is 8.55. The van der Waals surface area contributed by atoms with E-state index in [0.717, 1.165) is 77.1 Å². The van der Waals surface area contributed by atoms with Gasteiger partial charge in [0, 0.05) is 32.6 Å². The number of aliphatic hydroxyl groups is 1. The zero-order chi connectivity index (χ0) is 19.4. The lowest BCUT2D eigenvalue weighted by molar-refractivity contribution is -0.151. The fourth-order valence-electron chi connectivity index (χ4n) is 4.75. The molecule has 1 unspecified atom stereocenters. The summed E-state index contributed by atoms with van der Waals surface area (Å²) in [5, 5.41) is 9.65. The number of nitrogens with zero attached hydrogens (tertiary/aromatic N) is 2. The number of rotatable bonds is 6. The van der Waals surface area contributed by atoms with Crippen molar-refractivity contribution in [2.24, 2.45) is 5.41 Å². The van der Waals surface area contributed by atoms with Crippen molar-refractivity contribution in [2.75, 3.05) is 45.9 Å². The summed E-state index contributed by atoms with van der Waals surface area (Å²) < 4.78 is 11.6. The van der Waals surface area contributed by atoms with Gasteiger partial charge in [-0.05, 0) is 50.9 Å². The molecule has 1 aromatic carbocycles. The van der Waals surface area contributed by atoms with Crippen LogP contribution in [0.25, 0.3) is 0 Å². The number of esters is 1. The lowest BCUT2D eigenvalue weighted by Gasteiger charge is -2.36. The molecule has 0 aromatic heterocycles. The summed E-state index contributed by atoms with van der Waals surface area (Å²) in [4.78, 5) is 17.4. The lowest BCUT2D eigenvalue weighted by Crippen LogP contribution is -2.44. The van der Waals surface area contributed by atoms with Crippen LogP contribution in [0.4, 0.5) is 0 Å². The number of cyclic esters (lactones) is 1. The zero-order valence-electron chi connectivity index (χ0n) is 16.6. The average Bonchev–Trinajstić information content (AvgIpc) is 3.01. The van der Waals surface area contributed by atoms with E-state index in [1.165, 1.54) is 0 Å². The van der Waals surface area contributed by atoms with Crippen molar-refractivity contribution in [3.05, 3.63) is 30.3 Å². The predicted octanol–water partition coefficient (Wildman–Crippen LogP) is 1.92. The number of para-hydroxylation sites is 1. The van der Waals surface area contributed by atoms with Crippen LogP contribution in [0.15, 0.2) is 30.3 Å². The molecule has 0 radical (unpaired) electrons. The molecule has 3 saturated heterocycles. The molecule has 1 spiro atoms. The average molecular weight is 389 g/mol. The standard InChI is InChI=1S/C22H32N2O4/c25-18-6-10-24(11-7-18)17-20-16-22(21(26)28-20)8-12-23(13-9-22)14-15-27-19-4-2-1-3-5-19/h1-5,18,20,25H,6-17H2. The molecule has 0 bridgehead atoms. The van der Waals surface area contributed by atoms with Crippen LogP contribution in [0.2, 0.25) is 0 Å². The fourth-order valence-corrected chi connectivity index (χ4v) is 4.75. The van der Waals surface area contributed by atoms with E-state index in [2.05, 4.69) is 9.80 Å². The van der Waals surface area contributed by atoms with Gasteiger partial charge >= 0.3 is 5.97 Å². The molecule has 3 aliphatic heterocycles. The quantitative estimate of drug-likeness (QED) is 0.752. The fraction of sp³-hybridized carbons (Fsp3) is 0.682. The van der Waals surface area contributed by atoms with Gasteiger partial charge in [-0.25, -0.2) is 0 Å². The van der Waals surface area contributed by atoms with E-state index in [-0.39, 0.29) is 23.6 Å². The summed E-state index contributed by atoms with van der Waals surface area (Å²) >= 11 is 0. The molecule has 1 N–H and O–H groups in total. The number of hydrogen-bond donors (Lipinski definition) is 1. The smallest absolute Gasteiger partial charge is 0.312 e. The number of aliphatic hydroxyl groups excluding tert-OH is 1. The largest absolute Gasteiger partial charge is 0.492 e. The van der Waals surface area contributed by atoms with Gasteiger partial charge in [0.2, 0.25) is 0 Å².